The fraction of sp³-hybridized carbons (Fsp3) is 0.846. The van der Waals surface area contributed by atoms with Crippen LogP contribution in [0.15, 0.2) is 0 Å². The third-order valence-electron chi connectivity index (χ3n) is 2.56. The lowest BCUT2D eigenvalue weighted by molar-refractivity contribution is -0.143. The maximum atomic E-state index is 12.0. The summed E-state index contributed by atoms with van der Waals surface area (Å²) < 4.78 is 5.23. The van der Waals surface area contributed by atoms with Gasteiger partial charge in [0.1, 0.15) is 11.6 Å². The van der Waals surface area contributed by atoms with Crippen LogP contribution < -0.4 is 5.73 Å². The first-order valence-electron chi connectivity index (χ1n) is 6.65. The Morgan fingerprint density at radius 3 is 2.26 bits per heavy atom. The predicted molar refractivity (Wildman–Crippen MR) is 72.9 cm³/mol. The number of hydrogen-bond donors (Lipinski definition) is 2. The average molecular weight is 274 g/mol. The Morgan fingerprint density at radius 2 is 1.89 bits per heavy atom. The monoisotopic (exact) mass is 274 g/mol. The second kappa shape index (κ2) is 7.99. The number of likely N-dealkylation sites (N-methyl/N-ethyl adjacent to an activating group) is 1. The molecule has 0 spiro atoms. The van der Waals surface area contributed by atoms with Crippen LogP contribution in [0.3, 0.4) is 0 Å². The van der Waals surface area contributed by atoms with Crippen LogP contribution in [0.2, 0.25) is 0 Å². The van der Waals surface area contributed by atoms with Crippen LogP contribution in [0, 0.1) is 0 Å². The number of nitrogens with two attached hydrogens (primary N) is 1. The number of hydrogen-bond acceptors (Lipinski definition) is 4. The zero-order valence-electron chi connectivity index (χ0n) is 12.3. The largest absolute Gasteiger partial charge is 0.480 e. The van der Waals surface area contributed by atoms with Gasteiger partial charge < -0.3 is 15.6 Å². The summed E-state index contributed by atoms with van der Waals surface area (Å²) >= 11 is 0. The van der Waals surface area contributed by atoms with E-state index in [-0.39, 0.29) is 0 Å². The van der Waals surface area contributed by atoms with Gasteiger partial charge in [-0.3, -0.25) is 4.90 Å². The van der Waals surface area contributed by atoms with Gasteiger partial charge in [-0.2, -0.15) is 0 Å². The number of carbonyl (C=O) groups is 2. The average Bonchev–Trinajstić information content (AvgIpc) is 2.25. The number of rotatable bonds is 7. The van der Waals surface area contributed by atoms with Gasteiger partial charge in [0.25, 0.3) is 0 Å². The molecule has 6 nitrogen and oxygen atoms in total. The quantitative estimate of drug-likeness (QED) is 0.691. The van der Waals surface area contributed by atoms with E-state index in [1.807, 2.05) is 0 Å². The second-order valence-electron chi connectivity index (χ2n) is 5.40. The molecule has 0 bridgehead atoms. The molecule has 19 heavy (non-hydrogen) atoms. The zero-order valence-corrected chi connectivity index (χ0v) is 12.3. The molecule has 0 radical (unpaired) electrons. The summed E-state index contributed by atoms with van der Waals surface area (Å²) in [5.74, 6) is -1.01. The first kappa shape index (κ1) is 17.7. The molecule has 1 unspecified atom stereocenters. The van der Waals surface area contributed by atoms with E-state index in [1.165, 1.54) is 4.90 Å². The van der Waals surface area contributed by atoms with Crippen molar-refractivity contribution in [3.05, 3.63) is 0 Å². The maximum Gasteiger partial charge on any atom is 0.411 e. The maximum absolute atomic E-state index is 12.0. The summed E-state index contributed by atoms with van der Waals surface area (Å²) in [5, 5.41) is 9.24. The molecule has 0 heterocycles. The molecule has 6 heteroatoms. The van der Waals surface area contributed by atoms with Crippen molar-refractivity contribution in [3.63, 3.8) is 0 Å². The molecule has 112 valence electrons. The van der Waals surface area contributed by atoms with Crippen LogP contribution in [0.1, 0.15) is 47.0 Å². The van der Waals surface area contributed by atoms with E-state index >= 15 is 0 Å². The molecule has 0 aromatic carbocycles. The van der Waals surface area contributed by atoms with E-state index in [2.05, 4.69) is 0 Å². The van der Waals surface area contributed by atoms with Crippen molar-refractivity contribution in [1.29, 1.82) is 0 Å². The molecule has 0 aliphatic heterocycles. The standard InChI is InChI=1S/C13H26N2O4/c1-5-15(12(18)19-13(2,3)4)10(11(16)17)8-6-7-9-14/h10H,5-9,14H2,1-4H3,(H,16,17). The smallest absolute Gasteiger partial charge is 0.411 e. The molecular weight excluding hydrogens is 248 g/mol. The second-order valence-corrected chi connectivity index (χ2v) is 5.40. The third kappa shape index (κ3) is 7.00. The molecule has 0 rings (SSSR count). The van der Waals surface area contributed by atoms with E-state index < -0.39 is 23.7 Å². The SMILES string of the molecule is CCN(C(=O)OC(C)(C)C)C(CCCCN)C(=O)O. The number of carboxylic acid groups (broad SMARTS) is 1. The number of carbonyl (C=O) groups excluding carboxylic acids is 1. The number of unbranched alkanes of at least 4 members (excludes halogenated alkanes) is 1. The van der Waals surface area contributed by atoms with Crippen molar-refractivity contribution in [2.75, 3.05) is 13.1 Å². The van der Waals surface area contributed by atoms with Crippen LogP contribution in [-0.2, 0) is 9.53 Å². The van der Waals surface area contributed by atoms with Crippen molar-refractivity contribution in [2.24, 2.45) is 5.73 Å². The molecule has 0 saturated carbocycles. The number of amides is 1. The Morgan fingerprint density at radius 1 is 1.32 bits per heavy atom. The van der Waals surface area contributed by atoms with Crippen LogP contribution in [0.25, 0.3) is 0 Å². The minimum atomic E-state index is -1.01. The minimum Gasteiger partial charge on any atom is -0.480 e. The molecule has 1 amide bonds. The predicted octanol–water partition coefficient (Wildman–Crippen LogP) is 1.83. The van der Waals surface area contributed by atoms with Gasteiger partial charge in [-0.15, -0.1) is 0 Å². The lowest BCUT2D eigenvalue weighted by atomic mass is 10.1. The van der Waals surface area contributed by atoms with Gasteiger partial charge in [0.2, 0.25) is 0 Å². The van der Waals surface area contributed by atoms with Crippen molar-refractivity contribution < 1.29 is 19.4 Å². The molecule has 0 aromatic heterocycles. The first-order valence-corrected chi connectivity index (χ1v) is 6.65. The molecule has 0 fully saturated rings. The summed E-state index contributed by atoms with van der Waals surface area (Å²) in [5.41, 5.74) is 4.76. The Kier molecular flexibility index (Phi) is 7.44. The highest BCUT2D eigenvalue weighted by Crippen LogP contribution is 2.15. The highest BCUT2D eigenvalue weighted by Gasteiger charge is 2.31. The molecule has 0 aromatic rings. The van der Waals surface area contributed by atoms with Crippen molar-refractivity contribution >= 4 is 12.1 Å². The number of aliphatic carboxylic acids is 1. The summed E-state index contributed by atoms with van der Waals surface area (Å²) in [7, 11) is 0. The van der Waals surface area contributed by atoms with E-state index in [0.717, 1.165) is 6.42 Å². The Hall–Kier alpha value is -1.30. The summed E-state index contributed by atoms with van der Waals surface area (Å²) in [4.78, 5) is 24.5. The minimum absolute atomic E-state index is 0.300. The van der Waals surface area contributed by atoms with Crippen molar-refractivity contribution in [1.82, 2.24) is 4.90 Å². The van der Waals surface area contributed by atoms with Gasteiger partial charge in [0.15, 0.2) is 0 Å². The van der Waals surface area contributed by atoms with E-state index in [1.54, 1.807) is 27.7 Å². The van der Waals surface area contributed by atoms with E-state index in [0.29, 0.717) is 25.9 Å². The van der Waals surface area contributed by atoms with E-state index in [4.69, 9.17) is 10.5 Å². The topological polar surface area (TPSA) is 92.9 Å². The van der Waals surface area contributed by atoms with Gasteiger partial charge in [0.05, 0.1) is 0 Å². The number of nitrogens with zero attached hydrogens (tertiary/aromatic N) is 1. The highest BCUT2D eigenvalue weighted by atomic mass is 16.6. The number of ether oxygens (including phenoxy) is 1. The third-order valence-corrected chi connectivity index (χ3v) is 2.56. The normalized spacial score (nSPS) is 12.9. The first-order chi connectivity index (χ1) is 8.72. The van der Waals surface area contributed by atoms with Crippen LogP contribution in [-0.4, -0.2) is 46.8 Å². The molecular formula is C13H26N2O4. The Bertz CT molecular complexity index is 300. The van der Waals surface area contributed by atoms with Crippen molar-refractivity contribution in [3.8, 4) is 0 Å². The van der Waals surface area contributed by atoms with Crippen LogP contribution >= 0.6 is 0 Å². The highest BCUT2D eigenvalue weighted by molar-refractivity contribution is 5.80. The Balaban J connectivity index is 4.74. The van der Waals surface area contributed by atoms with Gasteiger partial charge in [0, 0.05) is 6.54 Å². The van der Waals surface area contributed by atoms with Gasteiger partial charge >= 0.3 is 12.1 Å². The lowest BCUT2D eigenvalue weighted by Gasteiger charge is -2.30. The van der Waals surface area contributed by atoms with Crippen LogP contribution in [0.5, 0.6) is 0 Å². The number of carboxylic acids is 1. The molecule has 0 saturated heterocycles. The van der Waals surface area contributed by atoms with Gasteiger partial charge in [-0.05, 0) is 53.5 Å². The van der Waals surface area contributed by atoms with Crippen LogP contribution in [0.4, 0.5) is 4.79 Å². The Labute approximate surface area is 114 Å². The fourth-order valence-electron chi connectivity index (χ4n) is 1.69. The summed E-state index contributed by atoms with van der Waals surface area (Å²) in [6, 6.07) is -0.855. The molecule has 0 aliphatic rings. The lowest BCUT2D eigenvalue weighted by Crippen LogP contribution is -2.47. The van der Waals surface area contributed by atoms with Crippen molar-refractivity contribution in [2.45, 2.75) is 58.6 Å². The zero-order chi connectivity index (χ0) is 15.1. The summed E-state index contributed by atoms with van der Waals surface area (Å²) in [6.45, 7) is 7.82. The van der Waals surface area contributed by atoms with Gasteiger partial charge in [-0.25, -0.2) is 9.59 Å². The van der Waals surface area contributed by atoms with E-state index in [9.17, 15) is 14.7 Å². The molecule has 3 N–H and O–H groups in total. The molecule has 0 aliphatic carbocycles. The summed E-state index contributed by atoms with van der Waals surface area (Å²) in [6.07, 6.45) is 1.22. The van der Waals surface area contributed by atoms with Gasteiger partial charge in [-0.1, -0.05) is 0 Å². The molecule has 1 atom stereocenters. The fourth-order valence-corrected chi connectivity index (χ4v) is 1.69.